The Morgan fingerprint density at radius 1 is 0.892 bits per heavy atom. The van der Waals surface area contributed by atoms with E-state index >= 15 is 0 Å². The van der Waals surface area contributed by atoms with Crippen molar-refractivity contribution in [1.82, 2.24) is 9.78 Å². The zero-order valence-corrected chi connectivity index (χ0v) is 19.5. The summed E-state index contributed by atoms with van der Waals surface area (Å²) in [6.45, 7) is 1.17. The van der Waals surface area contributed by atoms with Crippen molar-refractivity contribution in [2.45, 2.75) is 6.92 Å². The average Bonchev–Trinajstić information content (AvgIpc) is 3.39. The number of rotatable bonds is 6. The van der Waals surface area contributed by atoms with Crippen LogP contribution in [0.4, 0.5) is 15.9 Å². The standard InChI is InChI=1S/C27H19FN4O5/c1-16-14-23(32(30-16)20-12-8-18(28)9-13-20)29-24(33)15-37-27(36)17-6-10-19(11-7-17)31-25(34)21-4-2-3-5-22(21)26(31)35/h2-14H,15H2,1H3,(H,29,33). The number of nitrogens with one attached hydrogen (secondary N) is 1. The molecule has 0 bridgehead atoms. The van der Waals surface area contributed by atoms with Crippen LogP contribution in [0.1, 0.15) is 36.8 Å². The van der Waals surface area contributed by atoms with Crippen LogP contribution in [0.5, 0.6) is 0 Å². The number of aromatic nitrogens is 2. The molecule has 0 saturated carbocycles. The van der Waals surface area contributed by atoms with Gasteiger partial charge in [-0.05, 0) is 67.6 Å². The fourth-order valence-electron chi connectivity index (χ4n) is 3.93. The van der Waals surface area contributed by atoms with Gasteiger partial charge in [0.05, 0.1) is 33.8 Å². The number of anilines is 2. The molecule has 0 fully saturated rings. The highest BCUT2D eigenvalue weighted by Gasteiger charge is 2.36. The summed E-state index contributed by atoms with van der Waals surface area (Å²) >= 11 is 0. The first-order valence-electron chi connectivity index (χ1n) is 11.2. The lowest BCUT2D eigenvalue weighted by Gasteiger charge is -2.14. The normalized spacial score (nSPS) is 12.4. The molecular formula is C27H19FN4O5. The number of halogens is 1. The van der Waals surface area contributed by atoms with Crippen LogP contribution in [0.3, 0.4) is 0 Å². The van der Waals surface area contributed by atoms with Crippen LogP contribution in [0.25, 0.3) is 5.69 Å². The number of aryl methyl sites for hydroxylation is 1. The third-order valence-corrected chi connectivity index (χ3v) is 5.66. The maximum absolute atomic E-state index is 13.2. The average molecular weight is 498 g/mol. The van der Waals surface area contributed by atoms with E-state index in [1.54, 1.807) is 37.3 Å². The molecule has 1 N–H and O–H groups in total. The van der Waals surface area contributed by atoms with Gasteiger partial charge in [-0.25, -0.2) is 18.8 Å². The van der Waals surface area contributed by atoms with Gasteiger partial charge in [-0.1, -0.05) is 12.1 Å². The summed E-state index contributed by atoms with van der Waals surface area (Å²) in [6, 6.07) is 19.5. The molecule has 4 aromatic rings. The van der Waals surface area contributed by atoms with Gasteiger partial charge in [0.15, 0.2) is 6.61 Å². The molecule has 0 saturated heterocycles. The van der Waals surface area contributed by atoms with E-state index in [1.165, 1.54) is 53.2 Å². The van der Waals surface area contributed by atoms with E-state index in [9.17, 15) is 23.6 Å². The van der Waals surface area contributed by atoms with Crippen LogP contribution in [0.15, 0.2) is 78.9 Å². The second-order valence-electron chi connectivity index (χ2n) is 8.22. The number of imide groups is 1. The van der Waals surface area contributed by atoms with Gasteiger partial charge in [0.2, 0.25) is 0 Å². The first-order chi connectivity index (χ1) is 17.8. The summed E-state index contributed by atoms with van der Waals surface area (Å²) < 4.78 is 19.8. The predicted molar refractivity (Wildman–Crippen MR) is 131 cm³/mol. The van der Waals surface area contributed by atoms with Crippen LogP contribution < -0.4 is 10.2 Å². The molecular weight excluding hydrogens is 479 g/mol. The number of ether oxygens (including phenoxy) is 1. The van der Waals surface area contributed by atoms with Crippen LogP contribution in [0.2, 0.25) is 0 Å². The Kier molecular flexibility index (Phi) is 6.06. The second-order valence-corrected chi connectivity index (χ2v) is 8.22. The van der Waals surface area contributed by atoms with Gasteiger partial charge in [0.1, 0.15) is 11.6 Å². The molecule has 1 aromatic heterocycles. The van der Waals surface area contributed by atoms with Crippen molar-refractivity contribution in [1.29, 1.82) is 0 Å². The summed E-state index contributed by atoms with van der Waals surface area (Å²) in [5.41, 5.74) is 2.25. The van der Waals surface area contributed by atoms with Crippen LogP contribution >= 0.6 is 0 Å². The highest BCUT2D eigenvalue weighted by Crippen LogP contribution is 2.28. The maximum Gasteiger partial charge on any atom is 0.338 e. The fraction of sp³-hybridized carbons (Fsp3) is 0.0741. The monoisotopic (exact) mass is 498 g/mol. The summed E-state index contributed by atoms with van der Waals surface area (Å²) in [5.74, 6) is -2.31. The largest absolute Gasteiger partial charge is 0.452 e. The third-order valence-electron chi connectivity index (χ3n) is 5.66. The highest BCUT2D eigenvalue weighted by atomic mass is 19.1. The van der Waals surface area contributed by atoms with Crippen molar-refractivity contribution in [3.8, 4) is 5.69 Å². The van der Waals surface area contributed by atoms with E-state index in [4.69, 9.17) is 4.74 Å². The number of carbonyl (C=O) groups is 4. The molecule has 0 atom stereocenters. The van der Waals surface area contributed by atoms with Gasteiger partial charge < -0.3 is 10.1 Å². The van der Waals surface area contributed by atoms with Gasteiger partial charge in [0.25, 0.3) is 17.7 Å². The van der Waals surface area contributed by atoms with Gasteiger partial charge in [-0.15, -0.1) is 0 Å². The molecule has 1 aliphatic heterocycles. The Hall–Kier alpha value is -5.12. The van der Waals surface area contributed by atoms with E-state index in [-0.39, 0.29) is 5.56 Å². The number of hydrogen-bond acceptors (Lipinski definition) is 6. The molecule has 3 amide bonds. The second kappa shape index (κ2) is 9.50. The van der Waals surface area contributed by atoms with E-state index in [1.807, 2.05) is 0 Å². The third kappa shape index (κ3) is 4.59. The zero-order valence-electron chi connectivity index (χ0n) is 19.5. The minimum atomic E-state index is -0.757. The van der Waals surface area contributed by atoms with Crippen LogP contribution in [-0.2, 0) is 9.53 Å². The zero-order chi connectivity index (χ0) is 26.1. The topological polar surface area (TPSA) is 111 Å². The molecule has 0 radical (unpaired) electrons. The Morgan fingerprint density at radius 2 is 1.49 bits per heavy atom. The van der Waals surface area contributed by atoms with E-state index in [0.717, 1.165) is 4.90 Å². The number of benzene rings is 3. The molecule has 184 valence electrons. The minimum absolute atomic E-state index is 0.139. The molecule has 2 heterocycles. The van der Waals surface area contributed by atoms with E-state index < -0.39 is 36.1 Å². The van der Waals surface area contributed by atoms with Crippen molar-refractivity contribution in [2.75, 3.05) is 16.8 Å². The van der Waals surface area contributed by atoms with Crippen molar-refractivity contribution in [3.05, 3.63) is 107 Å². The predicted octanol–water partition coefficient (Wildman–Crippen LogP) is 3.92. The molecule has 0 unspecified atom stereocenters. The SMILES string of the molecule is Cc1cc(NC(=O)COC(=O)c2ccc(N3C(=O)c4ccccc4C3=O)cc2)n(-c2ccc(F)cc2)n1. The number of amides is 3. The van der Waals surface area contributed by atoms with Gasteiger partial charge >= 0.3 is 5.97 Å². The number of carbonyl (C=O) groups excluding carboxylic acids is 4. The lowest BCUT2D eigenvalue weighted by molar-refractivity contribution is -0.119. The maximum atomic E-state index is 13.2. The van der Waals surface area contributed by atoms with Gasteiger partial charge in [-0.3, -0.25) is 14.4 Å². The molecule has 1 aliphatic rings. The molecule has 3 aromatic carbocycles. The molecule has 5 rings (SSSR count). The molecule has 10 heteroatoms. The summed E-state index contributed by atoms with van der Waals surface area (Å²) in [4.78, 5) is 51.2. The van der Waals surface area contributed by atoms with Gasteiger partial charge in [-0.2, -0.15) is 5.10 Å². The lowest BCUT2D eigenvalue weighted by Crippen LogP contribution is -2.29. The molecule has 0 aliphatic carbocycles. The summed E-state index contributed by atoms with van der Waals surface area (Å²) in [7, 11) is 0. The Morgan fingerprint density at radius 3 is 2.11 bits per heavy atom. The number of esters is 1. The summed E-state index contributed by atoms with van der Waals surface area (Å²) in [6.07, 6.45) is 0. The smallest absolute Gasteiger partial charge is 0.338 e. The fourth-order valence-corrected chi connectivity index (χ4v) is 3.93. The van der Waals surface area contributed by atoms with Crippen molar-refractivity contribution in [3.63, 3.8) is 0 Å². The first kappa shape index (κ1) is 23.6. The van der Waals surface area contributed by atoms with Crippen LogP contribution in [-0.4, -0.2) is 40.1 Å². The van der Waals surface area contributed by atoms with E-state index in [2.05, 4.69) is 10.4 Å². The molecule has 37 heavy (non-hydrogen) atoms. The Bertz CT molecular complexity index is 1510. The summed E-state index contributed by atoms with van der Waals surface area (Å²) in [5, 5.41) is 6.92. The van der Waals surface area contributed by atoms with Crippen molar-refractivity contribution in [2.24, 2.45) is 0 Å². The quantitative estimate of drug-likeness (QED) is 0.319. The van der Waals surface area contributed by atoms with Gasteiger partial charge in [0, 0.05) is 6.07 Å². The van der Waals surface area contributed by atoms with E-state index in [0.29, 0.717) is 34.0 Å². The molecule has 9 nitrogen and oxygen atoms in total. The first-order valence-corrected chi connectivity index (χ1v) is 11.2. The lowest BCUT2D eigenvalue weighted by atomic mass is 10.1. The number of hydrogen-bond donors (Lipinski definition) is 1. The highest BCUT2D eigenvalue weighted by molar-refractivity contribution is 6.34. The Labute approximate surface area is 210 Å². The van der Waals surface area contributed by atoms with Crippen molar-refractivity contribution < 1.29 is 28.3 Å². The number of nitrogens with zero attached hydrogens (tertiary/aromatic N) is 3. The number of fused-ring (bicyclic) bond motifs is 1. The van der Waals surface area contributed by atoms with Crippen molar-refractivity contribution >= 4 is 35.2 Å². The minimum Gasteiger partial charge on any atom is -0.452 e. The Balaban J connectivity index is 1.21. The van der Waals surface area contributed by atoms with Crippen LogP contribution in [0, 0.1) is 12.7 Å². The molecule has 0 spiro atoms.